The maximum absolute atomic E-state index is 13.2. The van der Waals surface area contributed by atoms with Gasteiger partial charge in [-0.3, -0.25) is 0 Å². The minimum atomic E-state index is -3.51. The summed E-state index contributed by atoms with van der Waals surface area (Å²) in [5, 5.41) is 0. The summed E-state index contributed by atoms with van der Waals surface area (Å²) in [4.78, 5) is 0. The SMILES string of the molecule is CC(CC(C)(C)C)CP(=O)(CC(C)CC(C)(C)C)S(C)(=O)=O. The van der Waals surface area contributed by atoms with Crippen LogP contribution in [0.4, 0.5) is 0 Å². The smallest absolute Gasteiger partial charge is 0.198 e. The van der Waals surface area contributed by atoms with Crippen LogP contribution in [0.25, 0.3) is 0 Å². The summed E-state index contributed by atoms with van der Waals surface area (Å²) in [6.07, 6.45) is 0.351. The van der Waals surface area contributed by atoms with E-state index in [1.54, 1.807) is 0 Å². The molecule has 0 bridgehead atoms. The molecule has 0 saturated carbocycles. The molecular formula is C17H37O3PS. The topological polar surface area (TPSA) is 51.2 Å². The van der Waals surface area contributed by atoms with Gasteiger partial charge in [0.2, 0.25) is 0 Å². The summed E-state index contributed by atoms with van der Waals surface area (Å²) in [5.74, 6) is 0.310. The van der Waals surface area contributed by atoms with Gasteiger partial charge >= 0.3 is 0 Å². The van der Waals surface area contributed by atoms with Crippen molar-refractivity contribution in [3.63, 3.8) is 0 Å². The summed E-state index contributed by atoms with van der Waals surface area (Å²) in [6.45, 7) is 16.9. The largest absolute Gasteiger partial charge is 0.307 e. The summed E-state index contributed by atoms with van der Waals surface area (Å²) in [6, 6.07) is 0. The Morgan fingerprint density at radius 3 is 1.27 bits per heavy atom. The fourth-order valence-electron chi connectivity index (χ4n) is 3.51. The van der Waals surface area contributed by atoms with Crippen molar-refractivity contribution in [3.05, 3.63) is 0 Å². The molecule has 5 heteroatoms. The predicted molar refractivity (Wildman–Crippen MR) is 98.7 cm³/mol. The first-order valence-electron chi connectivity index (χ1n) is 8.23. The van der Waals surface area contributed by atoms with Crippen LogP contribution in [0.3, 0.4) is 0 Å². The Morgan fingerprint density at radius 2 is 1.09 bits per heavy atom. The van der Waals surface area contributed by atoms with Gasteiger partial charge < -0.3 is 4.57 Å². The first-order chi connectivity index (χ1) is 9.45. The van der Waals surface area contributed by atoms with Gasteiger partial charge in [-0.2, -0.15) is 0 Å². The van der Waals surface area contributed by atoms with Gasteiger partial charge in [-0.1, -0.05) is 55.4 Å². The molecule has 0 fully saturated rings. The molecule has 2 unspecified atom stereocenters. The molecule has 0 aromatic heterocycles. The highest BCUT2D eigenvalue weighted by molar-refractivity contribution is 8.52. The molecule has 0 aliphatic carbocycles. The number of rotatable bonds is 7. The Hall–Kier alpha value is 0.180. The minimum absolute atomic E-state index is 0.124. The molecule has 0 N–H and O–H groups in total. The van der Waals surface area contributed by atoms with Crippen LogP contribution in [0.5, 0.6) is 0 Å². The van der Waals surface area contributed by atoms with Gasteiger partial charge in [-0.05, 0) is 35.5 Å². The Labute approximate surface area is 138 Å². The summed E-state index contributed by atoms with van der Waals surface area (Å²) in [7, 11) is -3.51. The molecule has 0 aliphatic rings. The van der Waals surface area contributed by atoms with Crippen molar-refractivity contribution in [2.24, 2.45) is 22.7 Å². The van der Waals surface area contributed by atoms with E-state index in [0.29, 0.717) is 12.3 Å². The fraction of sp³-hybridized carbons (Fsp3) is 1.00. The third-order valence-electron chi connectivity index (χ3n) is 3.71. The molecule has 0 amide bonds. The molecule has 3 nitrogen and oxygen atoms in total. The molecular weight excluding hydrogens is 315 g/mol. The van der Waals surface area contributed by atoms with E-state index in [-0.39, 0.29) is 22.7 Å². The third kappa shape index (κ3) is 8.72. The summed E-state index contributed by atoms with van der Waals surface area (Å²) < 4.78 is 37.6. The molecule has 22 heavy (non-hydrogen) atoms. The van der Waals surface area contributed by atoms with Crippen molar-refractivity contribution >= 4 is 15.8 Å². The predicted octanol–water partition coefficient (Wildman–Crippen LogP) is 5.45. The van der Waals surface area contributed by atoms with Gasteiger partial charge in [0.1, 0.15) is 0 Å². The van der Waals surface area contributed by atoms with E-state index in [1.807, 2.05) is 13.8 Å². The molecule has 0 aromatic rings. The lowest BCUT2D eigenvalue weighted by Crippen LogP contribution is -2.21. The van der Waals surface area contributed by atoms with Gasteiger partial charge in [0.15, 0.2) is 15.8 Å². The first-order valence-corrected chi connectivity index (χ1v) is 12.8. The van der Waals surface area contributed by atoms with Crippen LogP contribution < -0.4 is 0 Å². The van der Waals surface area contributed by atoms with Gasteiger partial charge in [0, 0.05) is 18.6 Å². The number of hydrogen-bond donors (Lipinski definition) is 0. The van der Waals surface area contributed by atoms with Crippen LogP contribution >= 0.6 is 6.34 Å². The van der Waals surface area contributed by atoms with Gasteiger partial charge in [-0.15, -0.1) is 0 Å². The average Bonchev–Trinajstić information content (AvgIpc) is 2.06. The first kappa shape index (κ1) is 22.2. The van der Waals surface area contributed by atoms with Crippen molar-refractivity contribution in [3.8, 4) is 0 Å². The lowest BCUT2D eigenvalue weighted by Gasteiger charge is -2.29. The molecule has 2 atom stereocenters. The van der Waals surface area contributed by atoms with Crippen molar-refractivity contribution in [1.29, 1.82) is 0 Å². The maximum atomic E-state index is 13.2. The zero-order valence-electron chi connectivity index (χ0n) is 16.1. The van der Waals surface area contributed by atoms with E-state index in [2.05, 4.69) is 41.5 Å². The summed E-state index contributed by atoms with van der Waals surface area (Å²) >= 11 is 0. The monoisotopic (exact) mass is 352 g/mol. The zero-order chi connectivity index (χ0) is 18.0. The second-order valence-electron chi connectivity index (χ2n) is 9.65. The molecule has 0 spiro atoms. The highest BCUT2D eigenvalue weighted by Gasteiger charge is 2.38. The molecule has 0 radical (unpaired) electrons. The zero-order valence-corrected chi connectivity index (χ0v) is 17.8. The Bertz CT molecular complexity index is 467. The van der Waals surface area contributed by atoms with Crippen molar-refractivity contribution in [1.82, 2.24) is 0 Å². The van der Waals surface area contributed by atoms with E-state index in [0.717, 1.165) is 19.1 Å². The van der Waals surface area contributed by atoms with Crippen LogP contribution in [-0.4, -0.2) is 27.0 Å². The summed E-state index contributed by atoms with van der Waals surface area (Å²) in [5.41, 5.74) is 0.248. The highest BCUT2D eigenvalue weighted by atomic mass is 32.8. The van der Waals surface area contributed by atoms with Crippen LogP contribution in [0.2, 0.25) is 0 Å². The van der Waals surface area contributed by atoms with Crippen LogP contribution in [0.15, 0.2) is 0 Å². The third-order valence-corrected chi connectivity index (χ3v) is 11.8. The van der Waals surface area contributed by atoms with Gasteiger partial charge in [0.05, 0.1) is 0 Å². The lowest BCUT2D eigenvalue weighted by atomic mass is 9.86. The van der Waals surface area contributed by atoms with Crippen LogP contribution in [-0.2, 0) is 14.0 Å². The second-order valence-corrected chi connectivity index (χ2v) is 17.5. The molecule has 0 saturated heterocycles. The molecule has 0 heterocycles. The van der Waals surface area contributed by atoms with Gasteiger partial charge in [0.25, 0.3) is 0 Å². The normalized spacial score (nSPS) is 19.5. The molecule has 0 rings (SSSR count). The average molecular weight is 353 g/mol. The lowest BCUT2D eigenvalue weighted by molar-refractivity contribution is 0.316. The molecule has 134 valence electrons. The van der Waals surface area contributed by atoms with E-state index in [4.69, 9.17) is 0 Å². The molecule has 0 aromatic carbocycles. The van der Waals surface area contributed by atoms with Crippen molar-refractivity contribution in [2.75, 3.05) is 18.6 Å². The van der Waals surface area contributed by atoms with E-state index in [9.17, 15) is 13.0 Å². The van der Waals surface area contributed by atoms with E-state index < -0.39 is 15.8 Å². The quantitative estimate of drug-likeness (QED) is 0.572. The highest BCUT2D eigenvalue weighted by Crippen LogP contribution is 2.56. The Balaban J connectivity index is 5.16. The fourth-order valence-corrected chi connectivity index (χ4v) is 9.51. The van der Waals surface area contributed by atoms with Crippen LogP contribution in [0.1, 0.15) is 68.2 Å². The standard InChI is InChI=1S/C17H37O3PS/c1-14(10-16(3,4)5)12-21(18,22(9,19)20)13-15(2)11-17(6,7)8/h14-15H,10-13H2,1-9H3. The Morgan fingerprint density at radius 1 is 0.818 bits per heavy atom. The number of hydrogen-bond acceptors (Lipinski definition) is 3. The maximum Gasteiger partial charge on any atom is 0.198 e. The Kier molecular flexibility index (Phi) is 7.44. The van der Waals surface area contributed by atoms with Crippen molar-refractivity contribution in [2.45, 2.75) is 68.2 Å². The second kappa shape index (κ2) is 7.38. The van der Waals surface area contributed by atoms with Crippen molar-refractivity contribution < 1.29 is 13.0 Å². The van der Waals surface area contributed by atoms with E-state index >= 15 is 0 Å². The van der Waals surface area contributed by atoms with Crippen LogP contribution in [0, 0.1) is 22.7 Å². The van der Waals surface area contributed by atoms with Gasteiger partial charge in [-0.25, -0.2) is 8.42 Å². The minimum Gasteiger partial charge on any atom is -0.307 e. The molecule has 0 aliphatic heterocycles. The van der Waals surface area contributed by atoms with E-state index in [1.165, 1.54) is 0 Å².